The first-order chi connectivity index (χ1) is 6.70. The summed E-state index contributed by atoms with van der Waals surface area (Å²) in [6.45, 7) is 4.22. The number of hydrogen-bond acceptors (Lipinski definition) is 1. The molecule has 1 nitrogen and oxygen atoms in total. The summed E-state index contributed by atoms with van der Waals surface area (Å²) < 4.78 is 0. The number of aliphatic hydroxyl groups excluding tert-OH is 1. The van der Waals surface area contributed by atoms with Crippen molar-refractivity contribution in [3.8, 4) is 0 Å². The number of benzene rings is 1. The Kier molecular flexibility index (Phi) is 2.42. The fourth-order valence-corrected chi connectivity index (χ4v) is 1.88. The predicted molar refractivity (Wildman–Crippen MR) is 58.5 cm³/mol. The van der Waals surface area contributed by atoms with Gasteiger partial charge in [0.05, 0.1) is 6.10 Å². The smallest absolute Gasteiger partial charge is 0.0898 e. The lowest BCUT2D eigenvalue weighted by atomic mass is 9.81. The molecule has 0 saturated heterocycles. The standard InChI is InChI=1S/C13H15O/c1-9(2)11-8-7-10-5-3-4-6-12(10)13(11)14/h3-9,13-14H,1-2H3. The van der Waals surface area contributed by atoms with Crippen LogP contribution in [-0.2, 0) is 0 Å². The van der Waals surface area contributed by atoms with E-state index in [4.69, 9.17) is 0 Å². The maximum atomic E-state index is 10.1. The Bertz CT molecular complexity index is 352. The van der Waals surface area contributed by atoms with Crippen LogP contribution in [0.5, 0.6) is 0 Å². The molecule has 0 aromatic heterocycles. The average Bonchev–Trinajstić information content (AvgIpc) is 2.18. The second kappa shape index (κ2) is 3.58. The SMILES string of the molecule is CC(C)[C]1C=Cc2ccccc2C1O. The topological polar surface area (TPSA) is 20.2 Å². The van der Waals surface area contributed by atoms with Crippen molar-refractivity contribution >= 4 is 6.08 Å². The number of fused-ring (bicyclic) bond motifs is 1. The summed E-state index contributed by atoms with van der Waals surface area (Å²) in [4.78, 5) is 0. The van der Waals surface area contributed by atoms with Crippen molar-refractivity contribution in [2.75, 3.05) is 0 Å². The van der Waals surface area contributed by atoms with E-state index in [9.17, 15) is 5.11 Å². The maximum Gasteiger partial charge on any atom is 0.0898 e. The Morgan fingerprint density at radius 2 is 1.86 bits per heavy atom. The van der Waals surface area contributed by atoms with E-state index < -0.39 is 6.10 Å². The minimum Gasteiger partial charge on any atom is -0.387 e. The molecule has 0 aliphatic heterocycles. The lowest BCUT2D eigenvalue weighted by molar-refractivity contribution is 0.181. The van der Waals surface area contributed by atoms with Gasteiger partial charge in [-0.1, -0.05) is 50.3 Å². The van der Waals surface area contributed by atoms with Gasteiger partial charge in [-0.2, -0.15) is 0 Å². The Balaban J connectivity index is 2.40. The highest BCUT2D eigenvalue weighted by atomic mass is 16.3. The molecule has 1 aliphatic carbocycles. The predicted octanol–water partition coefficient (Wildman–Crippen LogP) is 2.98. The van der Waals surface area contributed by atoms with Crippen molar-refractivity contribution in [2.24, 2.45) is 5.92 Å². The van der Waals surface area contributed by atoms with Gasteiger partial charge in [-0.25, -0.2) is 0 Å². The molecule has 1 radical (unpaired) electrons. The van der Waals surface area contributed by atoms with Gasteiger partial charge in [-0.05, 0) is 17.0 Å². The van der Waals surface area contributed by atoms with Crippen LogP contribution < -0.4 is 0 Å². The van der Waals surface area contributed by atoms with Gasteiger partial charge in [0.1, 0.15) is 0 Å². The number of rotatable bonds is 1. The van der Waals surface area contributed by atoms with Crippen LogP contribution in [0.3, 0.4) is 0 Å². The molecule has 0 spiro atoms. The van der Waals surface area contributed by atoms with Gasteiger partial charge >= 0.3 is 0 Å². The summed E-state index contributed by atoms with van der Waals surface area (Å²) in [6.07, 6.45) is 3.70. The van der Waals surface area contributed by atoms with Crippen LogP contribution in [0.2, 0.25) is 0 Å². The van der Waals surface area contributed by atoms with E-state index in [0.29, 0.717) is 5.92 Å². The van der Waals surface area contributed by atoms with Crippen molar-refractivity contribution in [2.45, 2.75) is 20.0 Å². The van der Waals surface area contributed by atoms with E-state index >= 15 is 0 Å². The Labute approximate surface area is 85.1 Å². The molecule has 0 heterocycles. The third-order valence-electron chi connectivity index (χ3n) is 2.73. The van der Waals surface area contributed by atoms with Gasteiger partial charge in [0.25, 0.3) is 0 Å². The maximum absolute atomic E-state index is 10.1. The normalized spacial score (nSPS) is 21.3. The highest BCUT2D eigenvalue weighted by molar-refractivity contribution is 5.61. The number of hydrogen-bond donors (Lipinski definition) is 1. The molecule has 1 atom stereocenters. The highest BCUT2D eigenvalue weighted by Crippen LogP contribution is 2.37. The quantitative estimate of drug-likeness (QED) is 0.716. The van der Waals surface area contributed by atoms with Crippen LogP contribution >= 0.6 is 0 Å². The van der Waals surface area contributed by atoms with Crippen molar-refractivity contribution in [3.63, 3.8) is 0 Å². The third-order valence-corrected chi connectivity index (χ3v) is 2.73. The lowest BCUT2D eigenvalue weighted by Crippen LogP contribution is -2.17. The molecule has 0 saturated carbocycles. The summed E-state index contributed by atoms with van der Waals surface area (Å²) >= 11 is 0. The first kappa shape index (κ1) is 9.47. The van der Waals surface area contributed by atoms with E-state index in [-0.39, 0.29) is 0 Å². The van der Waals surface area contributed by atoms with Gasteiger partial charge in [0, 0.05) is 5.92 Å². The second-order valence-corrected chi connectivity index (χ2v) is 4.02. The molecule has 0 amide bonds. The zero-order valence-corrected chi connectivity index (χ0v) is 8.57. The van der Waals surface area contributed by atoms with Crippen LogP contribution in [-0.4, -0.2) is 5.11 Å². The van der Waals surface area contributed by atoms with E-state index in [2.05, 4.69) is 19.9 Å². The molecule has 1 heteroatoms. The summed E-state index contributed by atoms with van der Waals surface area (Å²) in [6, 6.07) is 7.99. The van der Waals surface area contributed by atoms with Gasteiger partial charge in [-0.3, -0.25) is 0 Å². The van der Waals surface area contributed by atoms with Crippen LogP contribution in [0.25, 0.3) is 6.08 Å². The van der Waals surface area contributed by atoms with E-state index in [1.54, 1.807) is 0 Å². The van der Waals surface area contributed by atoms with Crippen molar-refractivity contribution in [1.29, 1.82) is 0 Å². The minimum atomic E-state index is -0.420. The monoisotopic (exact) mass is 187 g/mol. The fourth-order valence-electron chi connectivity index (χ4n) is 1.88. The molecule has 2 rings (SSSR count). The van der Waals surface area contributed by atoms with Crippen LogP contribution in [0.1, 0.15) is 31.1 Å². The van der Waals surface area contributed by atoms with Crippen LogP contribution in [0, 0.1) is 11.8 Å². The Morgan fingerprint density at radius 1 is 1.14 bits per heavy atom. The minimum absolute atomic E-state index is 0.398. The van der Waals surface area contributed by atoms with Gasteiger partial charge in [-0.15, -0.1) is 0 Å². The second-order valence-electron chi connectivity index (χ2n) is 4.02. The number of aliphatic hydroxyl groups is 1. The first-order valence-corrected chi connectivity index (χ1v) is 5.02. The first-order valence-electron chi connectivity index (χ1n) is 5.02. The van der Waals surface area contributed by atoms with Gasteiger partial charge < -0.3 is 5.11 Å². The zero-order chi connectivity index (χ0) is 10.1. The fraction of sp³-hybridized carbons (Fsp3) is 0.308. The van der Waals surface area contributed by atoms with E-state index in [0.717, 1.165) is 17.0 Å². The van der Waals surface area contributed by atoms with Gasteiger partial charge in [0.15, 0.2) is 0 Å². The molecule has 1 N–H and O–H groups in total. The average molecular weight is 187 g/mol. The molecule has 1 aromatic rings. The molecule has 0 bridgehead atoms. The summed E-state index contributed by atoms with van der Waals surface area (Å²) in [5, 5.41) is 10.1. The molecule has 73 valence electrons. The summed E-state index contributed by atoms with van der Waals surface area (Å²) in [5.74, 6) is 1.50. The molecule has 14 heavy (non-hydrogen) atoms. The summed E-state index contributed by atoms with van der Waals surface area (Å²) in [7, 11) is 0. The van der Waals surface area contributed by atoms with Gasteiger partial charge in [0.2, 0.25) is 0 Å². The molecule has 0 fully saturated rings. The van der Waals surface area contributed by atoms with Crippen molar-refractivity contribution < 1.29 is 5.11 Å². The van der Waals surface area contributed by atoms with E-state index in [1.165, 1.54) is 0 Å². The molecular formula is C13H15O. The highest BCUT2D eigenvalue weighted by Gasteiger charge is 2.26. The largest absolute Gasteiger partial charge is 0.387 e. The van der Waals surface area contributed by atoms with Crippen molar-refractivity contribution in [1.82, 2.24) is 0 Å². The molecule has 1 unspecified atom stereocenters. The lowest BCUT2D eigenvalue weighted by Gasteiger charge is -2.27. The van der Waals surface area contributed by atoms with Crippen LogP contribution in [0.4, 0.5) is 0 Å². The molecular weight excluding hydrogens is 172 g/mol. The van der Waals surface area contributed by atoms with Crippen LogP contribution in [0.15, 0.2) is 30.3 Å². The molecule has 1 aromatic carbocycles. The zero-order valence-electron chi connectivity index (χ0n) is 8.57. The Morgan fingerprint density at radius 3 is 2.57 bits per heavy atom. The van der Waals surface area contributed by atoms with Crippen molar-refractivity contribution in [3.05, 3.63) is 47.4 Å². The van der Waals surface area contributed by atoms with E-state index in [1.807, 2.05) is 30.3 Å². The Hall–Kier alpha value is -1.08. The molecule has 1 aliphatic rings. The summed E-state index contributed by atoms with van der Waals surface area (Å²) in [5.41, 5.74) is 2.16. The third kappa shape index (κ3) is 1.48.